The van der Waals surface area contributed by atoms with E-state index in [0.717, 1.165) is 11.3 Å². The minimum absolute atomic E-state index is 0.0691. The van der Waals surface area contributed by atoms with Crippen LogP contribution < -0.4 is 5.32 Å². The van der Waals surface area contributed by atoms with Crippen LogP contribution in [0.15, 0.2) is 29.2 Å². The van der Waals surface area contributed by atoms with Crippen LogP contribution in [0.3, 0.4) is 0 Å². The molecule has 90 valence electrons. The third-order valence-electron chi connectivity index (χ3n) is 2.41. The summed E-state index contributed by atoms with van der Waals surface area (Å²) < 4.78 is 0. The van der Waals surface area contributed by atoms with Gasteiger partial charge < -0.3 is 5.32 Å². The molecule has 0 aliphatic heterocycles. The molecule has 0 spiro atoms. The van der Waals surface area contributed by atoms with E-state index in [1.165, 1.54) is 11.8 Å². The summed E-state index contributed by atoms with van der Waals surface area (Å²) in [5, 5.41) is 11.5. The van der Waals surface area contributed by atoms with Crippen LogP contribution in [0.1, 0.15) is 30.6 Å². The second-order valence-corrected chi connectivity index (χ2v) is 4.74. The lowest BCUT2D eigenvalue weighted by molar-refractivity contribution is 0.0936. The molecule has 0 saturated carbocycles. The first-order valence-electron chi connectivity index (χ1n) is 5.58. The molecule has 0 unspecified atom stereocenters. The molecule has 0 aromatic heterocycles. The number of nitrogens with zero attached hydrogens (tertiary/aromatic N) is 1. The Morgan fingerprint density at radius 3 is 2.88 bits per heavy atom. The Labute approximate surface area is 106 Å². The third kappa shape index (κ3) is 4.12. The maximum atomic E-state index is 12.0. The van der Waals surface area contributed by atoms with Gasteiger partial charge in [-0.15, -0.1) is 11.8 Å². The summed E-state index contributed by atoms with van der Waals surface area (Å²) >= 11 is 1.39. The van der Waals surface area contributed by atoms with Crippen molar-refractivity contribution in [1.29, 1.82) is 5.26 Å². The number of rotatable bonds is 5. The quantitative estimate of drug-likeness (QED) is 0.815. The molecule has 1 N–H and O–H groups in total. The molecule has 1 aromatic rings. The molecule has 0 aliphatic rings. The van der Waals surface area contributed by atoms with Gasteiger partial charge in [-0.25, -0.2) is 0 Å². The third-order valence-corrected chi connectivity index (χ3v) is 3.35. The summed E-state index contributed by atoms with van der Waals surface area (Å²) in [6, 6.07) is 9.60. The van der Waals surface area contributed by atoms with Gasteiger partial charge in [-0.05, 0) is 25.5 Å². The first-order valence-corrected chi connectivity index (χ1v) is 6.57. The summed E-state index contributed by atoms with van der Waals surface area (Å²) in [6.45, 7) is 4.00. The van der Waals surface area contributed by atoms with Gasteiger partial charge in [0.25, 0.3) is 5.91 Å². The fourth-order valence-electron chi connectivity index (χ4n) is 1.29. The van der Waals surface area contributed by atoms with E-state index in [1.54, 1.807) is 6.07 Å². The van der Waals surface area contributed by atoms with Crippen LogP contribution in [0.2, 0.25) is 0 Å². The standard InChI is InChI=1S/C13H16N2OS/c1-3-10(2)15-13(16)11-6-4-5-7-12(11)17-9-8-14/h4-7,10H,3,9H2,1-2H3,(H,15,16)/t10-/m1/s1. The van der Waals surface area contributed by atoms with E-state index in [0.29, 0.717) is 11.3 Å². The van der Waals surface area contributed by atoms with Crippen molar-refractivity contribution < 1.29 is 4.79 Å². The molecule has 0 radical (unpaired) electrons. The van der Waals surface area contributed by atoms with Gasteiger partial charge in [0.05, 0.1) is 17.4 Å². The smallest absolute Gasteiger partial charge is 0.252 e. The van der Waals surface area contributed by atoms with Gasteiger partial charge in [-0.1, -0.05) is 19.1 Å². The van der Waals surface area contributed by atoms with E-state index in [9.17, 15) is 4.79 Å². The minimum atomic E-state index is -0.0691. The number of amides is 1. The molecule has 0 aliphatic carbocycles. The molecule has 1 atom stereocenters. The van der Waals surface area contributed by atoms with E-state index >= 15 is 0 Å². The van der Waals surface area contributed by atoms with Crippen LogP contribution in [-0.2, 0) is 0 Å². The largest absolute Gasteiger partial charge is 0.350 e. The van der Waals surface area contributed by atoms with Crippen molar-refractivity contribution in [2.45, 2.75) is 31.2 Å². The first-order chi connectivity index (χ1) is 8.19. The van der Waals surface area contributed by atoms with Crippen molar-refractivity contribution >= 4 is 17.7 Å². The van der Waals surface area contributed by atoms with Gasteiger partial charge in [-0.2, -0.15) is 5.26 Å². The maximum Gasteiger partial charge on any atom is 0.252 e. The monoisotopic (exact) mass is 248 g/mol. The summed E-state index contributed by atoms with van der Waals surface area (Å²) in [6.07, 6.45) is 0.902. The number of nitriles is 1. The summed E-state index contributed by atoms with van der Waals surface area (Å²) in [4.78, 5) is 12.8. The number of hydrogen-bond donors (Lipinski definition) is 1. The SMILES string of the molecule is CC[C@@H](C)NC(=O)c1ccccc1SCC#N. The van der Waals surface area contributed by atoms with Crippen molar-refractivity contribution in [1.82, 2.24) is 5.32 Å². The lowest BCUT2D eigenvalue weighted by atomic mass is 10.2. The van der Waals surface area contributed by atoms with Crippen LogP contribution in [0, 0.1) is 11.3 Å². The van der Waals surface area contributed by atoms with Crippen molar-refractivity contribution in [3.63, 3.8) is 0 Å². The topological polar surface area (TPSA) is 52.9 Å². The minimum Gasteiger partial charge on any atom is -0.350 e. The fraction of sp³-hybridized carbons (Fsp3) is 0.385. The number of hydrogen-bond acceptors (Lipinski definition) is 3. The molecule has 17 heavy (non-hydrogen) atoms. The van der Waals surface area contributed by atoms with Crippen molar-refractivity contribution in [3.8, 4) is 6.07 Å². The van der Waals surface area contributed by atoms with E-state index in [2.05, 4.69) is 11.4 Å². The van der Waals surface area contributed by atoms with Crippen LogP contribution in [0.4, 0.5) is 0 Å². The Hall–Kier alpha value is -1.47. The predicted molar refractivity (Wildman–Crippen MR) is 70.0 cm³/mol. The Morgan fingerprint density at radius 2 is 2.24 bits per heavy atom. The molecule has 0 bridgehead atoms. The highest BCUT2D eigenvalue weighted by atomic mass is 32.2. The highest BCUT2D eigenvalue weighted by molar-refractivity contribution is 7.99. The lowest BCUT2D eigenvalue weighted by Gasteiger charge is -2.13. The molecule has 1 amide bonds. The van der Waals surface area contributed by atoms with Crippen LogP contribution >= 0.6 is 11.8 Å². The molecule has 1 rings (SSSR count). The predicted octanol–water partition coefficient (Wildman–Crippen LogP) is 2.83. The Kier molecular flexibility index (Phi) is 5.58. The van der Waals surface area contributed by atoms with Crippen LogP contribution in [-0.4, -0.2) is 17.7 Å². The fourth-order valence-corrected chi connectivity index (χ4v) is 2.00. The van der Waals surface area contributed by atoms with Crippen molar-refractivity contribution in [2.24, 2.45) is 0 Å². The van der Waals surface area contributed by atoms with Gasteiger partial charge in [0.1, 0.15) is 0 Å². The number of nitrogens with one attached hydrogen (secondary N) is 1. The van der Waals surface area contributed by atoms with Gasteiger partial charge in [-0.3, -0.25) is 4.79 Å². The van der Waals surface area contributed by atoms with Crippen LogP contribution in [0.5, 0.6) is 0 Å². The van der Waals surface area contributed by atoms with E-state index < -0.39 is 0 Å². The second-order valence-electron chi connectivity index (χ2n) is 3.73. The summed E-state index contributed by atoms with van der Waals surface area (Å²) in [7, 11) is 0. The average Bonchev–Trinajstić information content (AvgIpc) is 2.36. The highest BCUT2D eigenvalue weighted by Crippen LogP contribution is 2.22. The normalized spacial score (nSPS) is 11.6. The van der Waals surface area contributed by atoms with Gasteiger partial charge in [0, 0.05) is 10.9 Å². The molecule has 0 fully saturated rings. The Bertz CT molecular complexity index is 426. The van der Waals surface area contributed by atoms with Gasteiger partial charge in [0.15, 0.2) is 0 Å². The van der Waals surface area contributed by atoms with Crippen LogP contribution in [0.25, 0.3) is 0 Å². The second kappa shape index (κ2) is 6.97. The number of thioether (sulfide) groups is 1. The molecule has 1 aromatic carbocycles. The molecule has 0 heterocycles. The van der Waals surface area contributed by atoms with Crippen molar-refractivity contribution in [3.05, 3.63) is 29.8 Å². The molecule has 0 saturated heterocycles. The average molecular weight is 248 g/mol. The van der Waals surface area contributed by atoms with Gasteiger partial charge in [0.2, 0.25) is 0 Å². The zero-order chi connectivity index (χ0) is 12.7. The zero-order valence-corrected chi connectivity index (χ0v) is 10.9. The molecule has 3 nitrogen and oxygen atoms in total. The number of carbonyl (C=O) groups is 1. The Morgan fingerprint density at radius 1 is 1.53 bits per heavy atom. The van der Waals surface area contributed by atoms with Gasteiger partial charge >= 0.3 is 0 Å². The molecule has 4 heteroatoms. The molecular formula is C13H16N2OS. The Balaban J connectivity index is 2.82. The van der Waals surface area contributed by atoms with E-state index in [4.69, 9.17) is 5.26 Å². The van der Waals surface area contributed by atoms with E-state index in [-0.39, 0.29) is 11.9 Å². The number of benzene rings is 1. The van der Waals surface area contributed by atoms with E-state index in [1.807, 2.05) is 32.0 Å². The summed E-state index contributed by atoms with van der Waals surface area (Å²) in [5.74, 6) is 0.286. The lowest BCUT2D eigenvalue weighted by Crippen LogP contribution is -2.32. The first kappa shape index (κ1) is 13.6. The summed E-state index contributed by atoms with van der Waals surface area (Å²) in [5.41, 5.74) is 0.646. The highest BCUT2D eigenvalue weighted by Gasteiger charge is 2.12. The molecular weight excluding hydrogens is 232 g/mol. The zero-order valence-electron chi connectivity index (χ0n) is 10.1. The van der Waals surface area contributed by atoms with Crippen molar-refractivity contribution in [2.75, 3.05) is 5.75 Å². The number of carbonyl (C=O) groups excluding carboxylic acids is 1. The maximum absolute atomic E-state index is 12.0.